The molecule has 82 valence electrons. The second kappa shape index (κ2) is 5.50. The molecule has 0 aromatic rings. The number of rotatable bonds is 4. The van der Waals surface area contributed by atoms with Crippen molar-refractivity contribution in [3.8, 4) is 0 Å². The van der Waals surface area contributed by atoms with Crippen LogP contribution in [0.25, 0.3) is 0 Å². The standard InChI is InChI=1S/C12H23NO/c1-4-9-13(10(2)3)11-5-7-12(14)8-6-11/h10-11H,4-9H2,1-3H3. The second-order valence-corrected chi connectivity index (χ2v) is 4.60. The van der Waals surface area contributed by atoms with Crippen LogP contribution in [0.15, 0.2) is 0 Å². The molecular formula is C12H23NO. The molecule has 0 aromatic carbocycles. The summed E-state index contributed by atoms with van der Waals surface area (Å²) in [6, 6.07) is 1.28. The second-order valence-electron chi connectivity index (χ2n) is 4.60. The first kappa shape index (κ1) is 11.7. The summed E-state index contributed by atoms with van der Waals surface area (Å²) in [4.78, 5) is 13.7. The number of carbonyl (C=O) groups excluding carboxylic acids is 1. The molecule has 0 amide bonds. The van der Waals surface area contributed by atoms with E-state index in [1.54, 1.807) is 0 Å². The van der Waals surface area contributed by atoms with E-state index in [-0.39, 0.29) is 0 Å². The first-order valence-electron chi connectivity index (χ1n) is 5.92. The van der Waals surface area contributed by atoms with E-state index in [4.69, 9.17) is 0 Å². The predicted octanol–water partition coefficient (Wildman–Crippen LogP) is 2.62. The highest BCUT2D eigenvalue weighted by Crippen LogP contribution is 2.22. The van der Waals surface area contributed by atoms with E-state index in [1.165, 1.54) is 13.0 Å². The Labute approximate surface area is 87.7 Å². The van der Waals surface area contributed by atoms with Crippen molar-refractivity contribution in [1.29, 1.82) is 0 Å². The van der Waals surface area contributed by atoms with Crippen molar-refractivity contribution in [2.45, 2.75) is 65.0 Å². The van der Waals surface area contributed by atoms with Gasteiger partial charge in [-0.2, -0.15) is 0 Å². The predicted molar refractivity (Wildman–Crippen MR) is 59.4 cm³/mol. The summed E-state index contributed by atoms with van der Waals surface area (Å²) in [5.41, 5.74) is 0. The van der Waals surface area contributed by atoms with Crippen molar-refractivity contribution in [1.82, 2.24) is 4.90 Å². The summed E-state index contributed by atoms with van der Waals surface area (Å²) >= 11 is 0. The quantitative estimate of drug-likeness (QED) is 0.690. The molecule has 0 unspecified atom stereocenters. The summed E-state index contributed by atoms with van der Waals surface area (Å²) in [5, 5.41) is 0. The molecule has 2 nitrogen and oxygen atoms in total. The van der Waals surface area contributed by atoms with Crippen molar-refractivity contribution in [2.75, 3.05) is 6.54 Å². The number of hydrogen-bond acceptors (Lipinski definition) is 2. The van der Waals surface area contributed by atoms with Crippen LogP contribution in [0.1, 0.15) is 52.9 Å². The Morgan fingerprint density at radius 1 is 1.36 bits per heavy atom. The first-order valence-corrected chi connectivity index (χ1v) is 5.92. The largest absolute Gasteiger partial charge is 0.300 e. The van der Waals surface area contributed by atoms with E-state index in [1.807, 2.05) is 0 Å². The Hall–Kier alpha value is -0.370. The number of Topliss-reactive ketones (excluding diaryl/α,β-unsaturated/α-hetero) is 1. The third kappa shape index (κ3) is 3.09. The fourth-order valence-electron chi connectivity index (χ4n) is 2.38. The highest BCUT2D eigenvalue weighted by Gasteiger charge is 2.25. The molecular weight excluding hydrogens is 174 g/mol. The van der Waals surface area contributed by atoms with Gasteiger partial charge in [0.1, 0.15) is 5.78 Å². The van der Waals surface area contributed by atoms with Gasteiger partial charge < -0.3 is 0 Å². The van der Waals surface area contributed by atoms with Gasteiger partial charge in [0.15, 0.2) is 0 Å². The average molecular weight is 197 g/mol. The minimum atomic E-state index is 0.460. The van der Waals surface area contributed by atoms with Gasteiger partial charge in [-0.1, -0.05) is 6.92 Å². The van der Waals surface area contributed by atoms with Crippen LogP contribution in [0.3, 0.4) is 0 Å². The SMILES string of the molecule is CCCN(C(C)C)C1CCC(=O)CC1. The van der Waals surface area contributed by atoms with Crippen molar-refractivity contribution in [2.24, 2.45) is 0 Å². The van der Waals surface area contributed by atoms with Crippen molar-refractivity contribution in [3.63, 3.8) is 0 Å². The van der Waals surface area contributed by atoms with Gasteiger partial charge in [-0.15, -0.1) is 0 Å². The molecule has 1 aliphatic rings. The van der Waals surface area contributed by atoms with E-state index in [9.17, 15) is 4.79 Å². The zero-order valence-corrected chi connectivity index (χ0v) is 9.75. The molecule has 0 heterocycles. The van der Waals surface area contributed by atoms with E-state index < -0.39 is 0 Å². The highest BCUT2D eigenvalue weighted by molar-refractivity contribution is 5.79. The van der Waals surface area contributed by atoms with Crippen LogP contribution in [-0.2, 0) is 4.79 Å². The molecule has 1 rings (SSSR count). The first-order chi connectivity index (χ1) is 6.65. The Kier molecular flexibility index (Phi) is 4.59. The summed E-state index contributed by atoms with van der Waals surface area (Å²) in [6.07, 6.45) is 4.98. The maximum absolute atomic E-state index is 11.1. The zero-order chi connectivity index (χ0) is 10.6. The summed E-state index contributed by atoms with van der Waals surface area (Å²) in [5.74, 6) is 0.460. The normalized spacial score (nSPS) is 19.6. The zero-order valence-electron chi connectivity index (χ0n) is 9.75. The molecule has 1 saturated carbocycles. The molecule has 0 N–H and O–H groups in total. The Morgan fingerprint density at radius 2 is 1.93 bits per heavy atom. The maximum atomic E-state index is 11.1. The van der Waals surface area contributed by atoms with Crippen LogP contribution < -0.4 is 0 Å². The fourth-order valence-corrected chi connectivity index (χ4v) is 2.38. The molecule has 0 saturated heterocycles. The average Bonchev–Trinajstić information content (AvgIpc) is 2.15. The van der Waals surface area contributed by atoms with E-state index >= 15 is 0 Å². The van der Waals surface area contributed by atoms with E-state index in [0.717, 1.165) is 25.7 Å². The number of nitrogens with zero attached hydrogens (tertiary/aromatic N) is 1. The van der Waals surface area contributed by atoms with Gasteiger partial charge in [0.2, 0.25) is 0 Å². The van der Waals surface area contributed by atoms with Crippen LogP contribution in [0.4, 0.5) is 0 Å². The van der Waals surface area contributed by atoms with Gasteiger partial charge in [-0.25, -0.2) is 0 Å². The molecule has 0 bridgehead atoms. The minimum Gasteiger partial charge on any atom is -0.300 e. The van der Waals surface area contributed by atoms with Gasteiger partial charge in [-0.05, 0) is 39.7 Å². The smallest absolute Gasteiger partial charge is 0.133 e. The molecule has 1 aliphatic carbocycles. The molecule has 0 radical (unpaired) electrons. The van der Waals surface area contributed by atoms with Crippen LogP contribution >= 0.6 is 0 Å². The molecule has 0 aliphatic heterocycles. The van der Waals surface area contributed by atoms with E-state index in [2.05, 4.69) is 25.7 Å². The Morgan fingerprint density at radius 3 is 2.36 bits per heavy atom. The van der Waals surface area contributed by atoms with Crippen molar-refractivity contribution in [3.05, 3.63) is 0 Å². The number of carbonyl (C=O) groups is 1. The number of hydrogen-bond donors (Lipinski definition) is 0. The maximum Gasteiger partial charge on any atom is 0.133 e. The Balaban J connectivity index is 2.47. The lowest BCUT2D eigenvalue weighted by atomic mass is 9.92. The lowest BCUT2D eigenvalue weighted by molar-refractivity contribution is -0.121. The lowest BCUT2D eigenvalue weighted by Gasteiger charge is -2.36. The molecule has 2 heteroatoms. The summed E-state index contributed by atoms with van der Waals surface area (Å²) in [7, 11) is 0. The Bertz CT molecular complexity index is 179. The van der Waals surface area contributed by atoms with Crippen LogP contribution in [0.2, 0.25) is 0 Å². The van der Waals surface area contributed by atoms with Crippen molar-refractivity contribution < 1.29 is 4.79 Å². The number of ketones is 1. The molecule has 0 atom stereocenters. The summed E-state index contributed by atoms with van der Waals surface area (Å²) in [6.45, 7) is 7.91. The molecule has 0 spiro atoms. The summed E-state index contributed by atoms with van der Waals surface area (Å²) < 4.78 is 0. The van der Waals surface area contributed by atoms with Crippen LogP contribution in [0, 0.1) is 0 Å². The molecule has 1 fully saturated rings. The minimum absolute atomic E-state index is 0.460. The molecule has 0 aromatic heterocycles. The van der Waals surface area contributed by atoms with Crippen LogP contribution in [0.5, 0.6) is 0 Å². The van der Waals surface area contributed by atoms with Gasteiger partial charge in [0, 0.05) is 24.9 Å². The van der Waals surface area contributed by atoms with Gasteiger partial charge >= 0.3 is 0 Å². The van der Waals surface area contributed by atoms with Gasteiger partial charge in [0.25, 0.3) is 0 Å². The van der Waals surface area contributed by atoms with Gasteiger partial charge in [0.05, 0.1) is 0 Å². The third-order valence-corrected chi connectivity index (χ3v) is 3.13. The molecule has 14 heavy (non-hydrogen) atoms. The van der Waals surface area contributed by atoms with E-state index in [0.29, 0.717) is 17.9 Å². The van der Waals surface area contributed by atoms with Crippen LogP contribution in [-0.4, -0.2) is 29.3 Å². The highest BCUT2D eigenvalue weighted by atomic mass is 16.1. The van der Waals surface area contributed by atoms with Crippen molar-refractivity contribution >= 4 is 5.78 Å². The van der Waals surface area contributed by atoms with Gasteiger partial charge in [-0.3, -0.25) is 9.69 Å². The monoisotopic (exact) mass is 197 g/mol. The fraction of sp³-hybridized carbons (Fsp3) is 0.917. The lowest BCUT2D eigenvalue weighted by Crippen LogP contribution is -2.43. The third-order valence-electron chi connectivity index (χ3n) is 3.13. The topological polar surface area (TPSA) is 20.3 Å².